The average molecular weight is 295 g/mol. The van der Waals surface area contributed by atoms with Gasteiger partial charge in [-0.25, -0.2) is 0 Å². The van der Waals surface area contributed by atoms with Crippen molar-refractivity contribution in [1.82, 2.24) is 4.90 Å². The molecule has 0 aliphatic carbocycles. The van der Waals surface area contributed by atoms with Crippen molar-refractivity contribution in [3.05, 3.63) is 0 Å². The van der Waals surface area contributed by atoms with Gasteiger partial charge < -0.3 is 10.0 Å². The number of rotatable bonds is 4. The second-order valence-electron chi connectivity index (χ2n) is 5.82. The molecule has 1 heterocycles. The van der Waals surface area contributed by atoms with Crippen LogP contribution in [0.15, 0.2) is 0 Å². The number of carboxylic acids is 1. The van der Waals surface area contributed by atoms with Crippen LogP contribution in [0.1, 0.15) is 27.2 Å². The Labute approximate surface area is 115 Å². The van der Waals surface area contributed by atoms with Gasteiger partial charge in [-0.3, -0.25) is 9.59 Å². The summed E-state index contributed by atoms with van der Waals surface area (Å²) in [5.74, 6) is -5.14. The Balaban J connectivity index is 2.75. The average Bonchev–Trinajstić information content (AvgIpc) is 2.72. The van der Waals surface area contributed by atoms with Crippen LogP contribution in [-0.2, 0) is 9.59 Å². The summed E-state index contributed by atoms with van der Waals surface area (Å²) in [6, 6.07) is 0. The SMILES string of the molecule is CC(C)C(C)CC(=O)N1C[C@@H](C(F)(F)F)[C@H](C(=O)O)C1. The molecule has 0 aromatic heterocycles. The van der Waals surface area contributed by atoms with Gasteiger partial charge in [0.25, 0.3) is 0 Å². The van der Waals surface area contributed by atoms with E-state index in [0.29, 0.717) is 0 Å². The minimum absolute atomic E-state index is 0.0516. The van der Waals surface area contributed by atoms with Gasteiger partial charge >= 0.3 is 12.1 Å². The summed E-state index contributed by atoms with van der Waals surface area (Å²) < 4.78 is 38.4. The van der Waals surface area contributed by atoms with E-state index in [0.717, 1.165) is 4.90 Å². The second-order valence-corrected chi connectivity index (χ2v) is 5.82. The number of nitrogens with zero attached hydrogens (tertiary/aromatic N) is 1. The molecule has 0 radical (unpaired) electrons. The third-order valence-electron chi connectivity index (χ3n) is 4.04. The minimum atomic E-state index is -4.60. The molecule has 0 saturated carbocycles. The number of carbonyl (C=O) groups is 2. The smallest absolute Gasteiger partial charge is 0.394 e. The molecule has 20 heavy (non-hydrogen) atoms. The van der Waals surface area contributed by atoms with Crippen molar-refractivity contribution in [3.8, 4) is 0 Å². The number of likely N-dealkylation sites (tertiary alicyclic amines) is 1. The van der Waals surface area contributed by atoms with E-state index in [2.05, 4.69) is 0 Å². The molecule has 116 valence electrons. The standard InChI is InChI=1S/C13H20F3NO3/c1-7(2)8(3)4-11(18)17-5-9(12(19)20)10(6-17)13(14,15)16/h7-10H,4-6H2,1-3H3,(H,19,20)/t8?,9-,10-/m1/s1. The first-order chi connectivity index (χ1) is 9.04. The molecule has 1 rings (SSSR count). The third kappa shape index (κ3) is 3.86. The molecule has 1 N–H and O–H groups in total. The summed E-state index contributed by atoms with van der Waals surface area (Å²) in [7, 11) is 0. The van der Waals surface area contributed by atoms with Gasteiger partial charge in [-0.05, 0) is 11.8 Å². The quantitative estimate of drug-likeness (QED) is 0.866. The van der Waals surface area contributed by atoms with E-state index in [1.807, 2.05) is 20.8 Å². The Morgan fingerprint density at radius 2 is 1.80 bits per heavy atom. The van der Waals surface area contributed by atoms with E-state index < -0.39 is 36.4 Å². The number of hydrogen-bond acceptors (Lipinski definition) is 2. The topological polar surface area (TPSA) is 57.6 Å². The Morgan fingerprint density at radius 3 is 2.15 bits per heavy atom. The Kier molecular flexibility index (Phi) is 5.05. The van der Waals surface area contributed by atoms with E-state index in [1.165, 1.54) is 0 Å². The summed E-state index contributed by atoms with van der Waals surface area (Å²) in [5, 5.41) is 8.88. The highest BCUT2D eigenvalue weighted by molar-refractivity contribution is 5.79. The number of aliphatic carboxylic acids is 1. The fourth-order valence-corrected chi connectivity index (χ4v) is 2.23. The zero-order valence-corrected chi connectivity index (χ0v) is 11.8. The van der Waals surface area contributed by atoms with Crippen LogP contribution in [0.25, 0.3) is 0 Å². The van der Waals surface area contributed by atoms with E-state index in [1.54, 1.807) is 0 Å². The highest BCUT2D eigenvalue weighted by Crippen LogP contribution is 2.38. The van der Waals surface area contributed by atoms with Crippen LogP contribution in [0.3, 0.4) is 0 Å². The summed E-state index contributed by atoms with van der Waals surface area (Å²) in [6.45, 7) is 4.81. The normalized spacial score (nSPS) is 25.1. The number of carboxylic acid groups (broad SMARTS) is 1. The summed E-state index contributed by atoms with van der Waals surface area (Å²) >= 11 is 0. The molecule has 1 amide bonds. The molecule has 0 aromatic rings. The first-order valence-corrected chi connectivity index (χ1v) is 6.61. The number of amides is 1. The van der Waals surface area contributed by atoms with Gasteiger partial charge in [-0.2, -0.15) is 13.2 Å². The van der Waals surface area contributed by atoms with Crippen LogP contribution in [-0.4, -0.2) is 41.1 Å². The molecule has 0 bridgehead atoms. The van der Waals surface area contributed by atoms with Crippen LogP contribution in [0.5, 0.6) is 0 Å². The molecule has 1 aliphatic heterocycles. The van der Waals surface area contributed by atoms with Gasteiger partial charge in [-0.15, -0.1) is 0 Å². The van der Waals surface area contributed by atoms with Crippen molar-refractivity contribution in [2.24, 2.45) is 23.7 Å². The second kappa shape index (κ2) is 6.01. The van der Waals surface area contributed by atoms with Crippen LogP contribution in [0.2, 0.25) is 0 Å². The molecule has 4 nitrogen and oxygen atoms in total. The van der Waals surface area contributed by atoms with Crippen LogP contribution < -0.4 is 0 Å². The maximum Gasteiger partial charge on any atom is 0.394 e. The predicted octanol–water partition coefficient (Wildman–Crippen LogP) is 2.39. The lowest BCUT2D eigenvalue weighted by Gasteiger charge is -2.21. The van der Waals surface area contributed by atoms with Gasteiger partial charge in [-0.1, -0.05) is 20.8 Å². The minimum Gasteiger partial charge on any atom is -0.481 e. The lowest BCUT2D eigenvalue weighted by Crippen LogP contribution is -2.34. The van der Waals surface area contributed by atoms with E-state index in [9.17, 15) is 22.8 Å². The van der Waals surface area contributed by atoms with Gasteiger partial charge in [0.05, 0.1) is 11.8 Å². The lowest BCUT2D eigenvalue weighted by molar-refractivity contribution is -0.188. The largest absolute Gasteiger partial charge is 0.481 e. The van der Waals surface area contributed by atoms with Gasteiger partial charge in [0, 0.05) is 19.5 Å². The number of alkyl halides is 3. The lowest BCUT2D eigenvalue weighted by atomic mass is 9.94. The molecule has 1 saturated heterocycles. The molecule has 7 heteroatoms. The Hall–Kier alpha value is -1.27. The molecular weight excluding hydrogens is 275 g/mol. The zero-order valence-electron chi connectivity index (χ0n) is 11.8. The summed E-state index contributed by atoms with van der Waals surface area (Å²) in [5.41, 5.74) is 0. The molecule has 1 unspecified atom stereocenters. The van der Waals surface area contributed by atoms with Crippen molar-refractivity contribution in [3.63, 3.8) is 0 Å². The fraction of sp³-hybridized carbons (Fsp3) is 0.846. The predicted molar refractivity (Wildman–Crippen MR) is 65.9 cm³/mol. The third-order valence-corrected chi connectivity index (χ3v) is 4.04. The van der Waals surface area contributed by atoms with Crippen molar-refractivity contribution in [1.29, 1.82) is 0 Å². The molecule has 0 aromatic carbocycles. The van der Waals surface area contributed by atoms with Crippen LogP contribution >= 0.6 is 0 Å². The maximum atomic E-state index is 12.8. The van der Waals surface area contributed by atoms with Crippen molar-refractivity contribution in [2.45, 2.75) is 33.4 Å². The molecular formula is C13H20F3NO3. The fourth-order valence-electron chi connectivity index (χ4n) is 2.23. The molecule has 1 aliphatic rings. The van der Waals surface area contributed by atoms with E-state index in [4.69, 9.17) is 5.11 Å². The zero-order chi connectivity index (χ0) is 15.7. The number of halogens is 3. The summed E-state index contributed by atoms with van der Waals surface area (Å²) in [4.78, 5) is 23.9. The maximum absolute atomic E-state index is 12.8. The first kappa shape index (κ1) is 16.8. The van der Waals surface area contributed by atoms with Gasteiger partial charge in [0.1, 0.15) is 0 Å². The van der Waals surface area contributed by atoms with Gasteiger partial charge in [0.15, 0.2) is 0 Å². The van der Waals surface area contributed by atoms with Gasteiger partial charge in [0.2, 0.25) is 5.91 Å². The van der Waals surface area contributed by atoms with Crippen molar-refractivity contribution < 1.29 is 27.9 Å². The molecule has 0 spiro atoms. The van der Waals surface area contributed by atoms with Crippen LogP contribution in [0, 0.1) is 23.7 Å². The van der Waals surface area contributed by atoms with Crippen molar-refractivity contribution >= 4 is 11.9 Å². The van der Waals surface area contributed by atoms with E-state index >= 15 is 0 Å². The Bertz CT molecular complexity index is 382. The number of carbonyl (C=O) groups excluding carboxylic acids is 1. The first-order valence-electron chi connectivity index (χ1n) is 6.61. The van der Waals surface area contributed by atoms with Crippen molar-refractivity contribution in [2.75, 3.05) is 13.1 Å². The highest BCUT2D eigenvalue weighted by atomic mass is 19.4. The molecule has 1 fully saturated rings. The van der Waals surface area contributed by atoms with Crippen LogP contribution in [0.4, 0.5) is 13.2 Å². The Morgan fingerprint density at radius 1 is 1.25 bits per heavy atom. The number of hydrogen-bond donors (Lipinski definition) is 1. The monoisotopic (exact) mass is 295 g/mol. The highest BCUT2D eigenvalue weighted by Gasteiger charge is 2.53. The molecule has 3 atom stereocenters. The summed E-state index contributed by atoms with van der Waals surface area (Å²) in [6.07, 6.45) is -4.45. The van der Waals surface area contributed by atoms with E-state index in [-0.39, 0.29) is 24.8 Å².